The largest absolute Gasteiger partial charge is 0.329 e. The van der Waals surface area contributed by atoms with Crippen molar-refractivity contribution in [1.29, 1.82) is 0 Å². The number of nitrogens with zero attached hydrogens (tertiary/aromatic N) is 2. The van der Waals surface area contributed by atoms with Crippen LogP contribution in [-0.2, 0) is 6.54 Å². The first-order valence-corrected chi connectivity index (χ1v) is 7.74. The van der Waals surface area contributed by atoms with E-state index < -0.39 is 0 Å². The van der Waals surface area contributed by atoms with E-state index in [2.05, 4.69) is 32.7 Å². The minimum absolute atomic E-state index is 0.0281. The van der Waals surface area contributed by atoms with Crippen molar-refractivity contribution in [2.24, 2.45) is 5.73 Å². The average Bonchev–Trinajstić information content (AvgIpc) is 2.51. The molecular weight excluding hydrogens is 333 g/mol. The van der Waals surface area contributed by atoms with Crippen LogP contribution in [0.15, 0.2) is 47.1 Å². The van der Waals surface area contributed by atoms with Gasteiger partial charge in [-0.2, -0.15) is 0 Å². The number of likely N-dealkylation sites (N-methyl/N-ethyl adjacent to an activating group) is 1. The topological polar surface area (TPSA) is 42.2 Å². The summed E-state index contributed by atoms with van der Waals surface area (Å²) in [6.07, 6.45) is 1.78. The van der Waals surface area contributed by atoms with Crippen molar-refractivity contribution in [2.75, 3.05) is 13.1 Å². The average molecular weight is 352 g/mol. The van der Waals surface area contributed by atoms with Gasteiger partial charge < -0.3 is 5.73 Å². The second-order valence-electron chi connectivity index (χ2n) is 4.81. The normalized spacial score (nSPS) is 12.6. The van der Waals surface area contributed by atoms with Gasteiger partial charge in [0, 0.05) is 25.3 Å². The molecule has 3 nitrogen and oxygen atoms in total. The summed E-state index contributed by atoms with van der Waals surface area (Å²) in [6, 6.07) is 11.0. The van der Waals surface area contributed by atoms with Gasteiger partial charge in [-0.1, -0.05) is 19.1 Å². The summed E-state index contributed by atoms with van der Waals surface area (Å²) in [6.45, 7) is 4.01. The van der Waals surface area contributed by atoms with Gasteiger partial charge in [0.05, 0.1) is 10.2 Å². The van der Waals surface area contributed by atoms with Crippen LogP contribution >= 0.6 is 15.9 Å². The number of rotatable bonds is 6. The molecule has 0 radical (unpaired) electrons. The van der Waals surface area contributed by atoms with Crippen LogP contribution in [0.25, 0.3) is 0 Å². The summed E-state index contributed by atoms with van der Waals surface area (Å²) in [5, 5.41) is 0. The highest BCUT2D eigenvalue weighted by atomic mass is 79.9. The Morgan fingerprint density at radius 2 is 2.14 bits per heavy atom. The van der Waals surface area contributed by atoms with Gasteiger partial charge in [-0.3, -0.25) is 9.88 Å². The van der Waals surface area contributed by atoms with E-state index in [9.17, 15) is 4.39 Å². The van der Waals surface area contributed by atoms with E-state index in [1.165, 1.54) is 0 Å². The summed E-state index contributed by atoms with van der Waals surface area (Å²) in [5.74, 6) is -0.264. The lowest BCUT2D eigenvalue weighted by Crippen LogP contribution is -2.33. The van der Waals surface area contributed by atoms with Crippen molar-refractivity contribution >= 4 is 15.9 Å². The fourth-order valence-electron chi connectivity index (χ4n) is 2.36. The highest BCUT2D eigenvalue weighted by Gasteiger charge is 2.19. The molecule has 0 fully saturated rings. The number of hydrogen-bond donors (Lipinski definition) is 1. The van der Waals surface area contributed by atoms with E-state index in [1.54, 1.807) is 18.3 Å². The van der Waals surface area contributed by atoms with E-state index >= 15 is 0 Å². The van der Waals surface area contributed by atoms with Crippen LogP contribution in [0, 0.1) is 5.82 Å². The molecule has 0 aliphatic heterocycles. The Morgan fingerprint density at radius 1 is 1.33 bits per heavy atom. The van der Waals surface area contributed by atoms with Gasteiger partial charge >= 0.3 is 0 Å². The molecule has 0 bridgehead atoms. The summed E-state index contributed by atoms with van der Waals surface area (Å²) in [7, 11) is 0. The maximum Gasteiger partial charge on any atom is 0.137 e. The Balaban J connectivity index is 2.22. The summed E-state index contributed by atoms with van der Waals surface area (Å²) in [5.41, 5.74) is 7.79. The van der Waals surface area contributed by atoms with Gasteiger partial charge in [0.2, 0.25) is 0 Å². The number of halogens is 2. The second-order valence-corrected chi connectivity index (χ2v) is 5.66. The Morgan fingerprint density at radius 3 is 2.71 bits per heavy atom. The third kappa shape index (κ3) is 4.09. The van der Waals surface area contributed by atoms with Gasteiger partial charge in [0.25, 0.3) is 0 Å². The lowest BCUT2D eigenvalue weighted by atomic mass is 10.0. The Kier molecular flexibility index (Phi) is 5.85. The lowest BCUT2D eigenvalue weighted by Gasteiger charge is -2.30. The molecule has 112 valence electrons. The molecule has 0 saturated carbocycles. The first-order chi connectivity index (χ1) is 10.2. The van der Waals surface area contributed by atoms with Crippen LogP contribution in [0.5, 0.6) is 0 Å². The second kappa shape index (κ2) is 7.64. The molecule has 1 unspecified atom stereocenters. The van der Waals surface area contributed by atoms with Crippen molar-refractivity contribution in [2.45, 2.75) is 19.5 Å². The molecule has 0 aliphatic carbocycles. The maximum atomic E-state index is 13.8. The number of nitrogens with two attached hydrogens (primary N) is 1. The molecule has 2 rings (SSSR count). The van der Waals surface area contributed by atoms with Crippen molar-refractivity contribution < 1.29 is 4.39 Å². The van der Waals surface area contributed by atoms with Crippen LogP contribution in [-0.4, -0.2) is 23.0 Å². The summed E-state index contributed by atoms with van der Waals surface area (Å²) < 4.78 is 14.2. The zero-order chi connectivity index (χ0) is 15.2. The maximum absolute atomic E-state index is 13.8. The first kappa shape index (κ1) is 16.1. The van der Waals surface area contributed by atoms with Gasteiger partial charge in [0.15, 0.2) is 0 Å². The van der Waals surface area contributed by atoms with Gasteiger partial charge in [-0.05, 0) is 52.3 Å². The highest BCUT2D eigenvalue weighted by Crippen LogP contribution is 2.25. The lowest BCUT2D eigenvalue weighted by molar-refractivity contribution is 0.200. The standard InChI is InChI=1S/C16H19BrFN3/c1-2-21(11-13-5-3-4-8-20-13)16(10-19)12-6-7-14(17)15(18)9-12/h3-9,16H,2,10-11,19H2,1H3. The SMILES string of the molecule is CCN(Cc1ccccn1)C(CN)c1ccc(Br)c(F)c1. The molecule has 0 saturated heterocycles. The van der Waals surface area contributed by atoms with Crippen molar-refractivity contribution in [3.63, 3.8) is 0 Å². The molecule has 1 aromatic heterocycles. The highest BCUT2D eigenvalue weighted by molar-refractivity contribution is 9.10. The van der Waals surface area contributed by atoms with E-state index in [1.807, 2.05) is 24.3 Å². The number of benzene rings is 1. The van der Waals surface area contributed by atoms with Crippen molar-refractivity contribution in [3.8, 4) is 0 Å². The van der Waals surface area contributed by atoms with E-state index in [0.29, 0.717) is 17.6 Å². The van der Waals surface area contributed by atoms with Crippen LogP contribution in [0.1, 0.15) is 24.2 Å². The number of aromatic nitrogens is 1. The predicted octanol–water partition coefficient (Wildman–Crippen LogP) is 3.51. The molecule has 21 heavy (non-hydrogen) atoms. The summed E-state index contributed by atoms with van der Waals surface area (Å²) in [4.78, 5) is 6.54. The van der Waals surface area contributed by atoms with Gasteiger partial charge in [-0.25, -0.2) is 4.39 Å². The molecule has 2 aromatic rings. The fraction of sp³-hybridized carbons (Fsp3) is 0.312. The Labute approximate surface area is 133 Å². The number of hydrogen-bond acceptors (Lipinski definition) is 3. The van der Waals surface area contributed by atoms with Crippen molar-refractivity contribution in [3.05, 3.63) is 64.1 Å². The smallest absolute Gasteiger partial charge is 0.137 e. The van der Waals surface area contributed by atoms with Crippen molar-refractivity contribution in [1.82, 2.24) is 9.88 Å². The van der Waals surface area contributed by atoms with Crippen LogP contribution < -0.4 is 5.73 Å². The molecule has 0 spiro atoms. The third-order valence-electron chi connectivity index (χ3n) is 3.49. The first-order valence-electron chi connectivity index (χ1n) is 6.94. The molecule has 5 heteroatoms. The van der Waals surface area contributed by atoms with E-state index in [4.69, 9.17) is 5.73 Å². The minimum atomic E-state index is -0.264. The zero-order valence-corrected chi connectivity index (χ0v) is 13.6. The monoisotopic (exact) mass is 351 g/mol. The molecular formula is C16H19BrFN3. The molecule has 1 heterocycles. The van der Waals surface area contributed by atoms with E-state index in [-0.39, 0.29) is 11.9 Å². The minimum Gasteiger partial charge on any atom is -0.329 e. The predicted molar refractivity (Wildman–Crippen MR) is 86.2 cm³/mol. The molecule has 1 atom stereocenters. The van der Waals surface area contributed by atoms with E-state index in [0.717, 1.165) is 17.8 Å². The molecule has 1 aromatic carbocycles. The Hall–Kier alpha value is -1.30. The molecule has 0 aliphatic rings. The molecule has 0 amide bonds. The Bertz CT molecular complexity index is 577. The summed E-state index contributed by atoms with van der Waals surface area (Å²) >= 11 is 3.18. The third-order valence-corrected chi connectivity index (χ3v) is 4.13. The van der Waals surface area contributed by atoms with Crippen LogP contribution in [0.4, 0.5) is 4.39 Å². The zero-order valence-electron chi connectivity index (χ0n) is 12.0. The number of pyridine rings is 1. The fourth-order valence-corrected chi connectivity index (χ4v) is 2.60. The van der Waals surface area contributed by atoms with Gasteiger partial charge in [0.1, 0.15) is 5.82 Å². The van der Waals surface area contributed by atoms with Crippen LogP contribution in [0.2, 0.25) is 0 Å². The van der Waals surface area contributed by atoms with Crippen LogP contribution in [0.3, 0.4) is 0 Å². The quantitative estimate of drug-likeness (QED) is 0.865. The van der Waals surface area contributed by atoms with Gasteiger partial charge in [-0.15, -0.1) is 0 Å². The molecule has 2 N–H and O–H groups in total.